The van der Waals surface area contributed by atoms with Crippen molar-refractivity contribution in [3.05, 3.63) is 58.6 Å². The van der Waals surface area contributed by atoms with Crippen LogP contribution in [-0.4, -0.2) is 13.5 Å². The van der Waals surface area contributed by atoms with Crippen LogP contribution in [0.4, 0.5) is 5.69 Å². The minimum atomic E-state index is -3.79. The van der Waals surface area contributed by atoms with Gasteiger partial charge < -0.3 is 5.11 Å². The van der Waals surface area contributed by atoms with Crippen LogP contribution in [0.2, 0.25) is 5.02 Å². The second-order valence-electron chi connectivity index (χ2n) is 4.58. The number of rotatable bonds is 5. The number of benzene rings is 2. The molecule has 0 amide bonds. The summed E-state index contributed by atoms with van der Waals surface area (Å²) in [5.74, 6) is 0. The van der Waals surface area contributed by atoms with E-state index in [2.05, 4.69) is 4.72 Å². The first-order valence-electron chi connectivity index (χ1n) is 6.47. The Morgan fingerprint density at radius 1 is 1.10 bits per heavy atom. The average molecular weight is 326 g/mol. The van der Waals surface area contributed by atoms with Crippen molar-refractivity contribution in [1.82, 2.24) is 0 Å². The van der Waals surface area contributed by atoms with Gasteiger partial charge in [0.15, 0.2) is 0 Å². The molecule has 2 aromatic carbocycles. The Morgan fingerprint density at radius 2 is 1.71 bits per heavy atom. The van der Waals surface area contributed by atoms with Gasteiger partial charge in [-0.15, -0.1) is 0 Å². The summed E-state index contributed by atoms with van der Waals surface area (Å²) in [7, 11) is -3.79. The van der Waals surface area contributed by atoms with Crippen molar-refractivity contribution in [2.45, 2.75) is 24.8 Å². The van der Waals surface area contributed by atoms with E-state index in [9.17, 15) is 8.42 Å². The second-order valence-corrected chi connectivity index (χ2v) is 6.64. The number of hydrogen-bond donors (Lipinski definition) is 2. The van der Waals surface area contributed by atoms with Crippen LogP contribution in [0.5, 0.6) is 0 Å². The highest BCUT2D eigenvalue weighted by Gasteiger charge is 2.18. The molecule has 0 aliphatic heterocycles. The first-order chi connectivity index (χ1) is 9.96. The topological polar surface area (TPSA) is 66.4 Å². The summed E-state index contributed by atoms with van der Waals surface area (Å²) >= 11 is 5.95. The van der Waals surface area contributed by atoms with Gasteiger partial charge >= 0.3 is 0 Å². The van der Waals surface area contributed by atoms with Gasteiger partial charge in [-0.25, -0.2) is 8.42 Å². The van der Waals surface area contributed by atoms with E-state index in [1.54, 1.807) is 18.2 Å². The van der Waals surface area contributed by atoms with E-state index < -0.39 is 10.0 Å². The minimum Gasteiger partial charge on any atom is -0.392 e. The summed E-state index contributed by atoms with van der Waals surface area (Å²) < 4.78 is 27.2. The van der Waals surface area contributed by atoms with Crippen LogP contribution >= 0.6 is 11.6 Å². The zero-order valence-corrected chi connectivity index (χ0v) is 13.1. The van der Waals surface area contributed by atoms with Gasteiger partial charge in [0.05, 0.1) is 11.6 Å². The van der Waals surface area contributed by atoms with Crippen LogP contribution in [-0.2, 0) is 23.1 Å². The smallest absolute Gasteiger partial charge is 0.263 e. The number of nitrogens with one attached hydrogen (secondary N) is 1. The molecule has 2 rings (SSSR count). The van der Waals surface area contributed by atoms with Crippen molar-refractivity contribution in [1.29, 1.82) is 0 Å². The number of aryl methyl sites for hydroxylation is 1. The third kappa shape index (κ3) is 3.75. The first-order valence-corrected chi connectivity index (χ1v) is 8.33. The maximum absolute atomic E-state index is 12.4. The van der Waals surface area contributed by atoms with Crippen LogP contribution in [0.3, 0.4) is 0 Å². The van der Waals surface area contributed by atoms with E-state index in [-0.39, 0.29) is 16.5 Å². The highest BCUT2D eigenvalue weighted by Crippen LogP contribution is 2.25. The molecule has 0 atom stereocenters. The highest BCUT2D eigenvalue weighted by molar-refractivity contribution is 7.92. The SMILES string of the molecule is CCc1ccc(NS(=O)(=O)c2cc(CO)ccc2Cl)cc1. The summed E-state index contributed by atoms with van der Waals surface area (Å²) in [6.45, 7) is 1.78. The molecule has 6 heteroatoms. The van der Waals surface area contributed by atoms with Crippen LogP contribution in [0, 0.1) is 0 Å². The summed E-state index contributed by atoms with van der Waals surface area (Å²) in [5.41, 5.74) is 2.08. The van der Waals surface area contributed by atoms with E-state index in [4.69, 9.17) is 16.7 Å². The van der Waals surface area contributed by atoms with Crippen molar-refractivity contribution in [2.24, 2.45) is 0 Å². The Bertz CT molecular complexity index is 727. The van der Waals surface area contributed by atoms with E-state index in [1.165, 1.54) is 12.1 Å². The molecule has 0 fully saturated rings. The zero-order valence-electron chi connectivity index (χ0n) is 11.5. The molecule has 2 aromatic rings. The summed E-state index contributed by atoms with van der Waals surface area (Å²) in [6.07, 6.45) is 0.886. The summed E-state index contributed by atoms with van der Waals surface area (Å²) in [5, 5.41) is 9.22. The lowest BCUT2D eigenvalue weighted by Crippen LogP contribution is -2.14. The van der Waals surface area contributed by atoms with Gasteiger partial charge in [0.25, 0.3) is 10.0 Å². The van der Waals surface area contributed by atoms with Gasteiger partial charge in [0, 0.05) is 5.69 Å². The predicted molar refractivity (Wildman–Crippen MR) is 84.0 cm³/mol. The third-order valence-electron chi connectivity index (χ3n) is 3.08. The van der Waals surface area contributed by atoms with Crippen LogP contribution in [0.15, 0.2) is 47.4 Å². The van der Waals surface area contributed by atoms with Gasteiger partial charge in [-0.2, -0.15) is 0 Å². The molecule has 0 saturated heterocycles. The third-order valence-corrected chi connectivity index (χ3v) is 4.94. The van der Waals surface area contributed by atoms with Crippen LogP contribution in [0.1, 0.15) is 18.1 Å². The molecular formula is C15H16ClNO3S. The average Bonchev–Trinajstić information content (AvgIpc) is 2.48. The fourth-order valence-electron chi connectivity index (χ4n) is 1.87. The number of aliphatic hydroxyl groups is 1. The van der Waals surface area contributed by atoms with Crippen LogP contribution in [0.25, 0.3) is 0 Å². The van der Waals surface area contributed by atoms with Crippen molar-refractivity contribution >= 4 is 27.3 Å². The Kier molecular flexibility index (Phi) is 4.88. The van der Waals surface area contributed by atoms with Crippen LogP contribution < -0.4 is 4.72 Å². The van der Waals surface area contributed by atoms with Gasteiger partial charge in [-0.3, -0.25) is 4.72 Å². The number of anilines is 1. The van der Waals surface area contributed by atoms with Gasteiger partial charge in [0.1, 0.15) is 4.90 Å². The maximum Gasteiger partial charge on any atom is 0.263 e. The molecule has 0 bridgehead atoms. The molecule has 112 valence electrons. The molecule has 0 aromatic heterocycles. The maximum atomic E-state index is 12.4. The fraction of sp³-hybridized carbons (Fsp3) is 0.200. The second kappa shape index (κ2) is 6.47. The quantitative estimate of drug-likeness (QED) is 0.887. The van der Waals surface area contributed by atoms with Crippen molar-refractivity contribution in [3.8, 4) is 0 Å². The van der Waals surface area contributed by atoms with Gasteiger partial charge in [0.2, 0.25) is 0 Å². The molecule has 0 aliphatic carbocycles. The molecule has 2 N–H and O–H groups in total. The standard InChI is InChI=1S/C15H16ClNO3S/c1-2-11-3-6-13(7-4-11)17-21(19,20)15-9-12(10-18)5-8-14(15)16/h3-9,17-18H,2,10H2,1H3. The number of hydrogen-bond acceptors (Lipinski definition) is 3. The largest absolute Gasteiger partial charge is 0.392 e. The summed E-state index contributed by atoms with van der Waals surface area (Å²) in [6, 6.07) is 11.6. The lowest BCUT2D eigenvalue weighted by Gasteiger charge is -2.11. The normalized spacial score (nSPS) is 11.4. The van der Waals surface area contributed by atoms with E-state index in [0.717, 1.165) is 12.0 Å². The fourth-order valence-corrected chi connectivity index (χ4v) is 3.48. The molecule has 0 aliphatic rings. The molecule has 0 saturated carbocycles. The van der Waals surface area contributed by atoms with Gasteiger partial charge in [-0.1, -0.05) is 36.7 Å². The molecule has 21 heavy (non-hydrogen) atoms. The number of sulfonamides is 1. The summed E-state index contributed by atoms with van der Waals surface area (Å²) in [4.78, 5) is -0.0460. The zero-order chi connectivity index (χ0) is 15.5. The molecular weight excluding hydrogens is 310 g/mol. The van der Waals surface area contributed by atoms with Crippen molar-refractivity contribution in [3.63, 3.8) is 0 Å². The molecule has 0 heterocycles. The monoisotopic (exact) mass is 325 g/mol. The van der Waals surface area contributed by atoms with Crippen molar-refractivity contribution in [2.75, 3.05) is 4.72 Å². The first kappa shape index (κ1) is 15.8. The predicted octanol–water partition coefficient (Wildman–Crippen LogP) is 3.20. The van der Waals surface area contributed by atoms with E-state index >= 15 is 0 Å². The van der Waals surface area contributed by atoms with Crippen molar-refractivity contribution < 1.29 is 13.5 Å². The number of aliphatic hydroxyl groups excluding tert-OH is 1. The Hall–Kier alpha value is -1.56. The van der Waals surface area contributed by atoms with E-state index in [0.29, 0.717) is 11.3 Å². The molecule has 4 nitrogen and oxygen atoms in total. The van der Waals surface area contributed by atoms with E-state index in [1.807, 2.05) is 19.1 Å². The number of halogens is 1. The lowest BCUT2D eigenvalue weighted by atomic mass is 10.2. The Morgan fingerprint density at radius 3 is 2.29 bits per heavy atom. The minimum absolute atomic E-state index is 0.0460. The Balaban J connectivity index is 2.33. The lowest BCUT2D eigenvalue weighted by molar-refractivity contribution is 0.281. The molecule has 0 radical (unpaired) electrons. The molecule has 0 unspecified atom stereocenters. The Labute approximate surface area is 129 Å². The molecule has 0 spiro atoms. The van der Waals surface area contributed by atoms with Gasteiger partial charge in [-0.05, 0) is 41.8 Å². The highest BCUT2D eigenvalue weighted by atomic mass is 35.5.